The predicted octanol–water partition coefficient (Wildman–Crippen LogP) is 2.79. The quantitative estimate of drug-likeness (QED) is 0.793. The first kappa shape index (κ1) is 13.9. The van der Waals surface area contributed by atoms with Crippen LogP contribution in [-0.4, -0.2) is 29.3 Å². The number of aromatic nitrogens is 1. The lowest BCUT2D eigenvalue weighted by Crippen LogP contribution is -2.23. The summed E-state index contributed by atoms with van der Waals surface area (Å²) >= 11 is 0. The van der Waals surface area contributed by atoms with E-state index in [0.717, 1.165) is 16.9 Å². The summed E-state index contributed by atoms with van der Waals surface area (Å²) in [6, 6.07) is 11.6. The molecule has 0 aliphatic heterocycles. The minimum Gasteiger partial charge on any atom is -0.494 e. The summed E-state index contributed by atoms with van der Waals surface area (Å²) in [5.41, 5.74) is 2.07. The van der Waals surface area contributed by atoms with Crippen molar-refractivity contribution in [2.24, 2.45) is 0 Å². The maximum atomic E-state index is 10.3. The Balaban J connectivity index is 1.89. The van der Waals surface area contributed by atoms with Crippen LogP contribution in [0.15, 0.2) is 48.8 Å². The molecule has 0 saturated heterocycles. The smallest absolute Gasteiger partial charge is 0.404 e. The number of benzene rings is 1. The molecule has 104 valence electrons. The van der Waals surface area contributed by atoms with Crippen LogP contribution in [0.3, 0.4) is 0 Å². The molecule has 1 heterocycles. The Hall–Kier alpha value is -2.56. The van der Waals surface area contributed by atoms with Crippen molar-refractivity contribution >= 4 is 6.09 Å². The second kappa shape index (κ2) is 7.13. The highest BCUT2D eigenvalue weighted by molar-refractivity contribution is 5.64. The highest BCUT2D eigenvalue weighted by atomic mass is 16.5. The van der Waals surface area contributed by atoms with Gasteiger partial charge >= 0.3 is 6.09 Å². The average molecular weight is 272 g/mol. The van der Waals surface area contributed by atoms with Gasteiger partial charge < -0.3 is 15.2 Å². The van der Waals surface area contributed by atoms with E-state index in [9.17, 15) is 4.79 Å². The van der Waals surface area contributed by atoms with Gasteiger partial charge in [0.05, 0.1) is 6.61 Å². The van der Waals surface area contributed by atoms with Gasteiger partial charge in [-0.15, -0.1) is 0 Å². The zero-order valence-electron chi connectivity index (χ0n) is 11.0. The zero-order valence-corrected chi connectivity index (χ0v) is 11.0. The van der Waals surface area contributed by atoms with E-state index < -0.39 is 6.09 Å². The number of amides is 1. The summed E-state index contributed by atoms with van der Waals surface area (Å²) in [6.45, 7) is 0.856. The molecule has 1 aromatic heterocycles. The van der Waals surface area contributed by atoms with Crippen LogP contribution in [0.1, 0.15) is 6.42 Å². The number of nitrogens with one attached hydrogen (secondary N) is 1. The van der Waals surface area contributed by atoms with Crippen LogP contribution >= 0.6 is 0 Å². The lowest BCUT2D eigenvalue weighted by atomic mass is 10.1. The van der Waals surface area contributed by atoms with E-state index in [0.29, 0.717) is 19.6 Å². The summed E-state index contributed by atoms with van der Waals surface area (Å²) in [7, 11) is 0. The molecule has 0 fully saturated rings. The Labute approximate surface area is 117 Å². The van der Waals surface area contributed by atoms with Gasteiger partial charge in [0, 0.05) is 24.5 Å². The van der Waals surface area contributed by atoms with Crippen molar-refractivity contribution in [1.29, 1.82) is 0 Å². The van der Waals surface area contributed by atoms with Crippen molar-refractivity contribution in [1.82, 2.24) is 10.3 Å². The maximum absolute atomic E-state index is 10.3. The van der Waals surface area contributed by atoms with Crippen molar-refractivity contribution in [3.63, 3.8) is 0 Å². The molecule has 2 N–H and O–H groups in total. The first-order valence-corrected chi connectivity index (χ1v) is 6.36. The summed E-state index contributed by atoms with van der Waals surface area (Å²) < 4.78 is 5.60. The molecule has 5 heteroatoms. The third-order valence-electron chi connectivity index (χ3n) is 2.69. The first-order chi connectivity index (χ1) is 9.75. The van der Waals surface area contributed by atoms with Crippen LogP contribution < -0.4 is 10.1 Å². The first-order valence-electron chi connectivity index (χ1n) is 6.36. The molecule has 20 heavy (non-hydrogen) atoms. The van der Waals surface area contributed by atoms with Gasteiger partial charge in [0.15, 0.2) is 0 Å². The predicted molar refractivity (Wildman–Crippen MR) is 75.8 cm³/mol. The van der Waals surface area contributed by atoms with Gasteiger partial charge in [-0.25, -0.2) is 4.79 Å². The molecule has 0 aliphatic carbocycles. The van der Waals surface area contributed by atoms with E-state index in [1.165, 1.54) is 0 Å². The lowest BCUT2D eigenvalue weighted by molar-refractivity contribution is 0.193. The Morgan fingerprint density at radius 1 is 1.25 bits per heavy atom. The molecule has 1 aromatic carbocycles. The molecule has 5 nitrogen and oxygen atoms in total. The molecule has 0 unspecified atom stereocenters. The average Bonchev–Trinajstić information content (AvgIpc) is 2.48. The number of rotatable bonds is 6. The Kier molecular flexibility index (Phi) is 4.94. The van der Waals surface area contributed by atoms with Crippen molar-refractivity contribution in [3.8, 4) is 16.9 Å². The summed E-state index contributed by atoms with van der Waals surface area (Å²) in [5, 5.41) is 10.7. The van der Waals surface area contributed by atoms with E-state index in [1.54, 1.807) is 12.4 Å². The van der Waals surface area contributed by atoms with Gasteiger partial charge in [0.25, 0.3) is 0 Å². The molecule has 0 saturated carbocycles. The number of pyridine rings is 1. The van der Waals surface area contributed by atoms with Gasteiger partial charge in [0.1, 0.15) is 5.75 Å². The van der Waals surface area contributed by atoms with Gasteiger partial charge in [-0.3, -0.25) is 4.98 Å². The van der Waals surface area contributed by atoms with Crippen LogP contribution in [0, 0.1) is 0 Å². The number of nitrogens with zero attached hydrogens (tertiary/aromatic N) is 1. The Morgan fingerprint density at radius 3 is 2.85 bits per heavy atom. The molecule has 0 spiro atoms. The fourth-order valence-corrected chi connectivity index (χ4v) is 1.76. The summed E-state index contributed by atoms with van der Waals surface area (Å²) in [5.74, 6) is 0.765. The van der Waals surface area contributed by atoms with Crippen molar-refractivity contribution in [3.05, 3.63) is 48.8 Å². The van der Waals surface area contributed by atoms with E-state index >= 15 is 0 Å². The number of ether oxygens (including phenoxy) is 1. The van der Waals surface area contributed by atoms with Gasteiger partial charge in [-0.05, 0) is 30.2 Å². The fourth-order valence-electron chi connectivity index (χ4n) is 1.76. The molecule has 2 aromatic rings. The summed E-state index contributed by atoms with van der Waals surface area (Å²) in [6.07, 6.45) is 3.15. The topological polar surface area (TPSA) is 71.5 Å². The third kappa shape index (κ3) is 4.28. The molecular formula is C15H16N2O3. The highest BCUT2D eigenvalue weighted by Crippen LogP contribution is 2.22. The van der Waals surface area contributed by atoms with E-state index in [4.69, 9.17) is 9.84 Å². The third-order valence-corrected chi connectivity index (χ3v) is 2.69. The molecule has 0 aliphatic rings. The molecule has 0 radical (unpaired) electrons. The summed E-state index contributed by atoms with van der Waals surface area (Å²) in [4.78, 5) is 14.4. The second-order valence-electron chi connectivity index (χ2n) is 4.20. The van der Waals surface area contributed by atoms with Gasteiger partial charge in [-0.2, -0.15) is 0 Å². The molecular weight excluding hydrogens is 256 g/mol. The minimum absolute atomic E-state index is 0.387. The van der Waals surface area contributed by atoms with Crippen molar-refractivity contribution in [2.75, 3.05) is 13.2 Å². The van der Waals surface area contributed by atoms with Crippen LogP contribution in [0.5, 0.6) is 5.75 Å². The van der Waals surface area contributed by atoms with Crippen molar-refractivity contribution in [2.45, 2.75) is 6.42 Å². The van der Waals surface area contributed by atoms with Crippen LogP contribution in [-0.2, 0) is 0 Å². The normalized spacial score (nSPS) is 10.0. The zero-order chi connectivity index (χ0) is 14.2. The van der Waals surface area contributed by atoms with E-state index in [2.05, 4.69) is 10.3 Å². The lowest BCUT2D eigenvalue weighted by Gasteiger charge is -2.08. The van der Waals surface area contributed by atoms with Crippen LogP contribution in [0.2, 0.25) is 0 Å². The van der Waals surface area contributed by atoms with Crippen LogP contribution in [0.4, 0.5) is 4.79 Å². The van der Waals surface area contributed by atoms with Crippen LogP contribution in [0.25, 0.3) is 11.1 Å². The van der Waals surface area contributed by atoms with Gasteiger partial charge in [0.2, 0.25) is 0 Å². The standard InChI is InChI=1S/C15H16N2O3/c18-15(19)17-8-3-9-20-14-6-1-4-12(10-14)13-5-2-7-16-11-13/h1-2,4-7,10-11,17H,3,8-9H2,(H,18,19). The van der Waals surface area contributed by atoms with E-state index in [1.807, 2.05) is 36.4 Å². The molecule has 2 rings (SSSR count). The molecule has 0 bridgehead atoms. The molecule has 1 amide bonds. The Bertz CT molecular complexity index is 558. The molecule has 0 atom stereocenters. The fraction of sp³-hybridized carbons (Fsp3) is 0.200. The van der Waals surface area contributed by atoms with Crippen molar-refractivity contribution < 1.29 is 14.6 Å². The van der Waals surface area contributed by atoms with Gasteiger partial charge in [-0.1, -0.05) is 18.2 Å². The monoisotopic (exact) mass is 272 g/mol. The number of carboxylic acid groups (broad SMARTS) is 1. The number of hydrogen-bond acceptors (Lipinski definition) is 3. The number of carbonyl (C=O) groups is 1. The minimum atomic E-state index is -1.01. The maximum Gasteiger partial charge on any atom is 0.404 e. The SMILES string of the molecule is O=C(O)NCCCOc1cccc(-c2cccnc2)c1. The highest BCUT2D eigenvalue weighted by Gasteiger charge is 2.00. The van der Waals surface area contributed by atoms with E-state index in [-0.39, 0.29) is 0 Å². The number of hydrogen-bond donors (Lipinski definition) is 2. The second-order valence-corrected chi connectivity index (χ2v) is 4.20. The largest absolute Gasteiger partial charge is 0.494 e. The Morgan fingerprint density at radius 2 is 2.10 bits per heavy atom.